The smallest absolute Gasteiger partial charge is 0.309 e. The Morgan fingerprint density at radius 2 is 1.90 bits per heavy atom. The number of rotatable bonds is 7. The van der Waals surface area contributed by atoms with E-state index in [-0.39, 0.29) is 17.5 Å². The van der Waals surface area contributed by atoms with Crippen LogP contribution in [0.2, 0.25) is 0 Å². The minimum absolute atomic E-state index is 0.0453. The summed E-state index contributed by atoms with van der Waals surface area (Å²) < 4.78 is 17.3. The van der Waals surface area contributed by atoms with Gasteiger partial charge in [-0.1, -0.05) is 32.0 Å². The molecule has 114 valence electrons. The molecule has 0 aliphatic carbocycles. The zero-order valence-electron chi connectivity index (χ0n) is 12.6. The molecule has 1 aromatic heterocycles. The third-order valence-electron chi connectivity index (χ3n) is 3.49. The summed E-state index contributed by atoms with van der Waals surface area (Å²) in [5.74, 6) is -0.246. The summed E-state index contributed by atoms with van der Waals surface area (Å²) in [6.45, 7) is 5.84. The molecule has 0 saturated heterocycles. The van der Waals surface area contributed by atoms with E-state index in [1.165, 1.54) is 6.07 Å². The summed E-state index contributed by atoms with van der Waals surface area (Å²) in [5, 5.41) is 3.25. The molecule has 0 saturated carbocycles. The van der Waals surface area contributed by atoms with Gasteiger partial charge < -0.3 is 5.32 Å². The molecule has 1 atom stereocenters. The maximum Gasteiger partial charge on any atom is 0.328 e. The lowest BCUT2D eigenvalue weighted by atomic mass is 10.1. The molecular weight excluding hydrogens is 269 g/mol. The van der Waals surface area contributed by atoms with Gasteiger partial charge in [0.1, 0.15) is 5.82 Å². The van der Waals surface area contributed by atoms with Gasteiger partial charge in [0.25, 0.3) is 0 Å². The van der Waals surface area contributed by atoms with Crippen LogP contribution >= 0.6 is 0 Å². The van der Waals surface area contributed by atoms with Crippen LogP contribution in [0.15, 0.2) is 41.5 Å². The second-order valence-corrected chi connectivity index (χ2v) is 5.06. The van der Waals surface area contributed by atoms with Gasteiger partial charge in [-0.25, -0.2) is 9.18 Å². The van der Waals surface area contributed by atoms with E-state index in [0.29, 0.717) is 25.2 Å². The van der Waals surface area contributed by atoms with Crippen LogP contribution in [0.25, 0.3) is 0 Å². The SMILES string of the molecule is CCCn1ccn(CC(NCC)c2ccccc2F)c1=O. The van der Waals surface area contributed by atoms with E-state index in [0.717, 1.165) is 6.42 Å². The largest absolute Gasteiger partial charge is 0.328 e. The van der Waals surface area contributed by atoms with E-state index in [2.05, 4.69) is 5.32 Å². The lowest BCUT2D eigenvalue weighted by Crippen LogP contribution is -2.31. The fourth-order valence-corrected chi connectivity index (χ4v) is 2.48. The summed E-state index contributed by atoms with van der Waals surface area (Å²) in [6.07, 6.45) is 4.47. The molecule has 0 fully saturated rings. The molecule has 0 bridgehead atoms. The Morgan fingerprint density at radius 3 is 2.57 bits per heavy atom. The van der Waals surface area contributed by atoms with Crippen molar-refractivity contribution in [3.05, 3.63) is 58.5 Å². The highest BCUT2D eigenvalue weighted by molar-refractivity contribution is 5.21. The maximum absolute atomic E-state index is 14.0. The summed E-state index contributed by atoms with van der Waals surface area (Å²) in [5.41, 5.74) is 0.547. The number of aryl methyl sites for hydroxylation is 1. The summed E-state index contributed by atoms with van der Waals surface area (Å²) >= 11 is 0. The van der Waals surface area contributed by atoms with Crippen molar-refractivity contribution < 1.29 is 4.39 Å². The van der Waals surface area contributed by atoms with Crippen molar-refractivity contribution in [2.45, 2.75) is 39.4 Å². The highest BCUT2D eigenvalue weighted by Crippen LogP contribution is 2.18. The third kappa shape index (κ3) is 3.61. The number of hydrogen-bond acceptors (Lipinski definition) is 2. The molecule has 1 heterocycles. The number of nitrogens with one attached hydrogen (secondary N) is 1. The topological polar surface area (TPSA) is 39.0 Å². The monoisotopic (exact) mass is 291 g/mol. The number of nitrogens with zero attached hydrogens (tertiary/aromatic N) is 2. The molecule has 2 rings (SSSR count). The average Bonchev–Trinajstić information content (AvgIpc) is 2.81. The van der Waals surface area contributed by atoms with Crippen molar-refractivity contribution in [2.75, 3.05) is 6.54 Å². The summed E-state index contributed by atoms with van der Waals surface area (Å²) in [6, 6.07) is 6.48. The van der Waals surface area contributed by atoms with E-state index in [1.807, 2.05) is 19.9 Å². The fraction of sp³-hybridized carbons (Fsp3) is 0.438. The average molecular weight is 291 g/mol. The molecule has 0 aliphatic rings. The molecular formula is C16H22FN3O. The lowest BCUT2D eigenvalue weighted by molar-refractivity contribution is 0.443. The van der Waals surface area contributed by atoms with Crippen molar-refractivity contribution in [3.63, 3.8) is 0 Å². The van der Waals surface area contributed by atoms with Crippen LogP contribution in [-0.4, -0.2) is 15.7 Å². The van der Waals surface area contributed by atoms with Gasteiger partial charge in [0.05, 0.1) is 6.04 Å². The van der Waals surface area contributed by atoms with Gasteiger partial charge in [-0.05, 0) is 19.0 Å². The Morgan fingerprint density at radius 1 is 1.19 bits per heavy atom. The van der Waals surface area contributed by atoms with Crippen LogP contribution in [-0.2, 0) is 13.1 Å². The minimum Gasteiger partial charge on any atom is -0.309 e. The van der Waals surface area contributed by atoms with Crippen molar-refractivity contribution in [2.24, 2.45) is 0 Å². The van der Waals surface area contributed by atoms with Crippen molar-refractivity contribution in [1.82, 2.24) is 14.5 Å². The molecule has 2 aromatic rings. The lowest BCUT2D eigenvalue weighted by Gasteiger charge is -2.19. The second-order valence-electron chi connectivity index (χ2n) is 5.06. The van der Waals surface area contributed by atoms with Crippen LogP contribution < -0.4 is 11.0 Å². The van der Waals surface area contributed by atoms with Gasteiger partial charge in [-0.2, -0.15) is 0 Å². The molecule has 4 nitrogen and oxygen atoms in total. The highest BCUT2D eigenvalue weighted by Gasteiger charge is 2.16. The molecule has 1 unspecified atom stereocenters. The molecule has 1 N–H and O–H groups in total. The fourth-order valence-electron chi connectivity index (χ4n) is 2.48. The second kappa shape index (κ2) is 7.22. The standard InChI is InChI=1S/C16H22FN3O/c1-3-9-19-10-11-20(16(19)21)12-15(18-4-2)13-7-5-6-8-14(13)17/h5-8,10-11,15,18H,3-4,9,12H2,1-2H3. The molecule has 0 radical (unpaired) electrons. The Kier molecular flexibility index (Phi) is 5.33. The normalized spacial score (nSPS) is 12.5. The van der Waals surface area contributed by atoms with Gasteiger partial charge in [0.2, 0.25) is 0 Å². The quantitative estimate of drug-likeness (QED) is 0.851. The van der Waals surface area contributed by atoms with E-state index >= 15 is 0 Å². The van der Waals surface area contributed by atoms with Gasteiger partial charge in [0, 0.05) is 31.0 Å². The van der Waals surface area contributed by atoms with Gasteiger partial charge in [-0.3, -0.25) is 9.13 Å². The first-order chi connectivity index (χ1) is 10.2. The molecule has 21 heavy (non-hydrogen) atoms. The third-order valence-corrected chi connectivity index (χ3v) is 3.49. The Hall–Kier alpha value is -1.88. The van der Waals surface area contributed by atoms with Crippen molar-refractivity contribution in [1.29, 1.82) is 0 Å². The van der Waals surface area contributed by atoms with E-state index < -0.39 is 0 Å². The number of hydrogen-bond donors (Lipinski definition) is 1. The van der Waals surface area contributed by atoms with E-state index in [1.54, 1.807) is 33.7 Å². The number of likely N-dealkylation sites (N-methyl/N-ethyl adjacent to an activating group) is 1. The first-order valence-electron chi connectivity index (χ1n) is 7.40. The zero-order chi connectivity index (χ0) is 15.2. The first-order valence-corrected chi connectivity index (χ1v) is 7.40. The first kappa shape index (κ1) is 15.5. The Bertz CT molecular complexity index is 632. The Balaban J connectivity index is 2.25. The minimum atomic E-state index is -0.246. The molecule has 1 aromatic carbocycles. The zero-order valence-corrected chi connectivity index (χ0v) is 12.6. The number of halogens is 1. The number of aromatic nitrogens is 2. The van der Waals surface area contributed by atoms with Gasteiger partial charge >= 0.3 is 5.69 Å². The molecule has 5 heteroatoms. The van der Waals surface area contributed by atoms with Gasteiger partial charge in [0.15, 0.2) is 0 Å². The van der Waals surface area contributed by atoms with Crippen molar-refractivity contribution in [3.8, 4) is 0 Å². The van der Waals surface area contributed by atoms with Crippen LogP contribution in [0.4, 0.5) is 4.39 Å². The van der Waals surface area contributed by atoms with E-state index in [9.17, 15) is 9.18 Å². The van der Waals surface area contributed by atoms with Crippen LogP contribution in [0.5, 0.6) is 0 Å². The summed E-state index contributed by atoms with van der Waals surface area (Å²) in [4.78, 5) is 12.2. The van der Waals surface area contributed by atoms with Crippen LogP contribution in [0, 0.1) is 5.82 Å². The molecule has 0 spiro atoms. The Labute approximate surface area is 124 Å². The number of benzene rings is 1. The maximum atomic E-state index is 14.0. The highest BCUT2D eigenvalue weighted by atomic mass is 19.1. The number of imidazole rings is 1. The van der Waals surface area contributed by atoms with E-state index in [4.69, 9.17) is 0 Å². The predicted molar refractivity (Wildman–Crippen MR) is 81.8 cm³/mol. The van der Waals surface area contributed by atoms with Crippen LogP contribution in [0.1, 0.15) is 31.9 Å². The van der Waals surface area contributed by atoms with Crippen LogP contribution in [0.3, 0.4) is 0 Å². The van der Waals surface area contributed by atoms with Crippen molar-refractivity contribution >= 4 is 0 Å². The predicted octanol–water partition coefficient (Wildman–Crippen LogP) is 2.55. The molecule has 0 amide bonds. The molecule has 0 aliphatic heterocycles. The summed E-state index contributed by atoms with van der Waals surface area (Å²) in [7, 11) is 0. The van der Waals surface area contributed by atoms with Gasteiger partial charge in [-0.15, -0.1) is 0 Å².